The number of carbonyl (C=O) groups excluding carboxylic acids is 5. The van der Waals surface area contributed by atoms with Crippen LogP contribution in [-0.4, -0.2) is 49.7 Å². The Morgan fingerprint density at radius 1 is 0.579 bits per heavy atom. The number of hydrogen-bond acceptors (Lipinski definition) is 11. The van der Waals surface area contributed by atoms with E-state index >= 15 is 0 Å². The molecule has 286 valence electrons. The van der Waals surface area contributed by atoms with Crippen molar-refractivity contribution in [2.24, 2.45) is 11.8 Å². The van der Waals surface area contributed by atoms with Gasteiger partial charge in [-0.1, -0.05) is 78.9 Å². The summed E-state index contributed by atoms with van der Waals surface area (Å²) in [4.78, 5) is 61.8. The van der Waals surface area contributed by atoms with Gasteiger partial charge in [0.05, 0.1) is 24.2 Å². The number of allylic oxidation sites excluding steroid dienone is 1. The first-order valence-electron chi connectivity index (χ1n) is 18.5. The molecule has 57 heavy (non-hydrogen) atoms. The van der Waals surface area contributed by atoms with E-state index in [1.54, 1.807) is 42.5 Å². The van der Waals surface area contributed by atoms with Gasteiger partial charge in [-0.25, -0.2) is 0 Å². The normalized spacial score (nSPS) is 19.7. The number of carbonyl (C=O) groups is 5. The quantitative estimate of drug-likeness (QED) is 0.0278. The van der Waals surface area contributed by atoms with Gasteiger partial charge in [-0.05, 0) is 94.8 Å². The minimum atomic E-state index is -0.794. The first kappa shape index (κ1) is 36.9. The topological polar surface area (TPSA) is 141 Å². The highest BCUT2D eigenvalue weighted by atomic mass is 16.7. The van der Waals surface area contributed by atoms with Gasteiger partial charge in [0.2, 0.25) is 6.79 Å². The Morgan fingerprint density at radius 3 is 1.79 bits per heavy atom. The summed E-state index contributed by atoms with van der Waals surface area (Å²) in [6.07, 6.45) is 3.47. The van der Waals surface area contributed by atoms with Crippen molar-refractivity contribution < 1.29 is 52.4 Å². The molecule has 0 amide bonds. The van der Waals surface area contributed by atoms with Crippen molar-refractivity contribution in [3.8, 4) is 34.1 Å². The van der Waals surface area contributed by atoms with E-state index in [0.717, 1.165) is 16.7 Å². The molecule has 8 rings (SSSR count). The van der Waals surface area contributed by atoms with Crippen molar-refractivity contribution in [3.63, 3.8) is 0 Å². The molecule has 4 atom stereocenters. The van der Waals surface area contributed by atoms with E-state index in [0.29, 0.717) is 39.7 Å². The van der Waals surface area contributed by atoms with Gasteiger partial charge in [0.15, 0.2) is 5.78 Å². The highest BCUT2D eigenvalue weighted by Crippen LogP contribution is 2.51. The van der Waals surface area contributed by atoms with E-state index in [1.807, 2.05) is 91.0 Å². The molecule has 11 heteroatoms. The smallest absolute Gasteiger partial charge is 0.321 e. The maximum absolute atomic E-state index is 12.7. The van der Waals surface area contributed by atoms with Gasteiger partial charge < -0.3 is 28.4 Å². The highest BCUT2D eigenvalue weighted by molar-refractivity contribution is 6.06. The number of fused-ring (bicyclic) bond motifs is 3. The number of benzene rings is 5. The predicted molar refractivity (Wildman–Crippen MR) is 206 cm³/mol. The van der Waals surface area contributed by atoms with Crippen LogP contribution < -0.4 is 18.9 Å². The van der Waals surface area contributed by atoms with E-state index in [2.05, 4.69) is 0 Å². The minimum Gasteiger partial charge on any atom is -0.490 e. The lowest BCUT2D eigenvalue weighted by atomic mass is 9.67. The molecule has 2 aliphatic heterocycles. The van der Waals surface area contributed by atoms with E-state index in [4.69, 9.17) is 28.4 Å². The molecule has 2 fully saturated rings. The van der Waals surface area contributed by atoms with Crippen LogP contribution in [0.2, 0.25) is 0 Å². The molecule has 2 heterocycles. The minimum absolute atomic E-state index is 0.0297. The van der Waals surface area contributed by atoms with Crippen molar-refractivity contribution in [2.75, 3.05) is 20.0 Å². The second-order valence-electron chi connectivity index (χ2n) is 13.8. The molecule has 0 bridgehead atoms. The van der Waals surface area contributed by atoms with Gasteiger partial charge in [0.1, 0.15) is 36.2 Å². The fourth-order valence-electron chi connectivity index (χ4n) is 7.46. The fourth-order valence-corrected chi connectivity index (χ4v) is 7.46. The Labute approximate surface area is 327 Å². The average Bonchev–Trinajstić information content (AvgIpc) is 3.73. The monoisotopic (exact) mass is 764 g/mol. The van der Waals surface area contributed by atoms with E-state index in [1.165, 1.54) is 0 Å². The summed E-state index contributed by atoms with van der Waals surface area (Å²) in [5, 5.41) is 0. The first-order valence-corrected chi connectivity index (χ1v) is 18.5. The third-order valence-corrected chi connectivity index (χ3v) is 10.3. The summed E-state index contributed by atoms with van der Waals surface area (Å²) in [7, 11) is 0. The van der Waals surface area contributed by atoms with Crippen molar-refractivity contribution in [2.45, 2.75) is 24.7 Å². The van der Waals surface area contributed by atoms with Crippen LogP contribution in [0.5, 0.6) is 23.0 Å². The van der Waals surface area contributed by atoms with Crippen LogP contribution in [-0.2, 0) is 28.7 Å². The maximum atomic E-state index is 12.7. The number of ether oxygens (including phenoxy) is 6. The molecule has 3 aliphatic rings. The summed E-state index contributed by atoms with van der Waals surface area (Å²) in [5.74, 6) is -2.82. The van der Waals surface area contributed by atoms with Crippen molar-refractivity contribution in [3.05, 3.63) is 150 Å². The molecule has 5 aromatic rings. The molecule has 0 N–H and O–H groups in total. The van der Waals surface area contributed by atoms with Gasteiger partial charge in [-0.15, -0.1) is 0 Å². The lowest BCUT2D eigenvalue weighted by Gasteiger charge is -2.33. The first-order chi connectivity index (χ1) is 27.8. The Balaban J connectivity index is 0.795. The Bertz CT molecular complexity index is 2330. The maximum Gasteiger partial charge on any atom is 0.321 e. The predicted octanol–water partition coefficient (Wildman–Crippen LogP) is 7.48. The summed E-state index contributed by atoms with van der Waals surface area (Å²) in [5.41, 5.74) is 4.78. The van der Waals surface area contributed by atoms with Gasteiger partial charge >= 0.3 is 23.9 Å². The third-order valence-electron chi connectivity index (χ3n) is 10.3. The molecule has 2 saturated heterocycles. The van der Waals surface area contributed by atoms with E-state index in [-0.39, 0.29) is 38.6 Å². The molecule has 11 nitrogen and oxygen atoms in total. The van der Waals surface area contributed by atoms with Crippen molar-refractivity contribution in [1.29, 1.82) is 0 Å². The third kappa shape index (κ3) is 8.33. The Hall–Kier alpha value is -7.01. The fraction of sp³-hybridized carbons (Fsp3) is 0.196. The zero-order valence-corrected chi connectivity index (χ0v) is 30.5. The highest BCUT2D eigenvalue weighted by Gasteiger charge is 2.53. The number of rotatable bonds is 14. The van der Waals surface area contributed by atoms with Crippen LogP contribution in [0.25, 0.3) is 17.2 Å². The summed E-state index contributed by atoms with van der Waals surface area (Å²) < 4.78 is 33.1. The zero-order chi connectivity index (χ0) is 39.3. The molecule has 0 radical (unpaired) electrons. The summed E-state index contributed by atoms with van der Waals surface area (Å²) in [6, 6.07) is 37.0. The second-order valence-corrected chi connectivity index (χ2v) is 13.8. The largest absolute Gasteiger partial charge is 0.490 e. The lowest BCUT2D eigenvalue weighted by Crippen LogP contribution is -2.31. The SMILES string of the molecule is O=C1CC(C2CC3C(=O)OC(=O)C3c3cc(OCCOc4ccc(-c5ccc(OCOc6ccc(C=CC(=O)c7ccccc7)cc6)cc5)cc4)ccc32)C(=O)O1. The Kier molecular flexibility index (Phi) is 10.6. The number of esters is 4. The Morgan fingerprint density at radius 2 is 1.16 bits per heavy atom. The average molecular weight is 765 g/mol. The van der Waals surface area contributed by atoms with Crippen LogP contribution in [0.4, 0.5) is 0 Å². The van der Waals surface area contributed by atoms with Crippen LogP contribution in [0, 0.1) is 11.8 Å². The summed E-state index contributed by atoms with van der Waals surface area (Å²) >= 11 is 0. The van der Waals surface area contributed by atoms with E-state index < -0.39 is 47.5 Å². The zero-order valence-electron chi connectivity index (χ0n) is 30.5. The second kappa shape index (κ2) is 16.4. The number of cyclic esters (lactones) is 4. The molecule has 0 saturated carbocycles. The van der Waals surface area contributed by atoms with Crippen molar-refractivity contribution >= 4 is 35.7 Å². The van der Waals surface area contributed by atoms with Crippen LogP contribution in [0.15, 0.2) is 127 Å². The summed E-state index contributed by atoms with van der Waals surface area (Å²) in [6.45, 7) is 0.477. The van der Waals surface area contributed by atoms with Gasteiger partial charge in [0, 0.05) is 5.56 Å². The lowest BCUT2D eigenvalue weighted by molar-refractivity contribution is -0.155. The molecule has 4 unspecified atom stereocenters. The number of ketones is 1. The van der Waals surface area contributed by atoms with Crippen LogP contribution in [0.1, 0.15) is 51.7 Å². The molecule has 1 aliphatic carbocycles. The van der Waals surface area contributed by atoms with Gasteiger partial charge in [-0.3, -0.25) is 24.0 Å². The van der Waals surface area contributed by atoms with Crippen molar-refractivity contribution in [1.82, 2.24) is 0 Å². The van der Waals surface area contributed by atoms with Crippen LogP contribution >= 0.6 is 0 Å². The van der Waals surface area contributed by atoms with Crippen LogP contribution in [0.3, 0.4) is 0 Å². The molecule has 0 aromatic heterocycles. The molecular weight excluding hydrogens is 728 g/mol. The molecular formula is C46H36O11. The molecule has 5 aromatic carbocycles. The standard InChI is InChI=1S/C46H36O11/c47-41(31-4-2-1-3-5-31)21-8-28-6-13-33(14-7-28)54-27-55-34-17-11-30(12-18-34)29-9-15-32(16-10-29)52-22-23-53-35-19-20-36-37(39-26-42(48)56-44(39)49)25-40-43(38(36)24-35)46(51)57-45(40)50/h1-21,24,37,39-40,43H,22-23,25-27H2. The van der Waals surface area contributed by atoms with E-state index in [9.17, 15) is 24.0 Å². The number of hydrogen-bond donors (Lipinski definition) is 0. The van der Waals surface area contributed by atoms with Gasteiger partial charge in [0.25, 0.3) is 0 Å². The van der Waals surface area contributed by atoms with Gasteiger partial charge in [-0.2, -0.15) is 0 Å². The molecule has 0 spiro atoms.